The molecule has 0 radical (unpaired) electrons. The van der Waals surface area contributed by atoms with Gasteiger partial charge >= 0.3 is 0 Å². The quantitative estimate of drug-likeness (QED) is 0.871. The Morgan fingerprint density at radius 3 is 2.95 bits per heavy atom. The molecule has 1 N–H and O–H groups in total. The van der Waals surface area contributed by atoms with Gasteiger partial charge in [-0.05, 0) is 42.2 Å². The molecule has 1 aromatic heterocycles. The van der Waals surface area contributed by atoms with Crippen molar-refractivity contribution in [2.24, 2.45) is 5.92 Å². The molecule has 1 fully saturated rings. The topological polar surface area (TPSA) is 39.1 Å². The van der Waals surface area contributed by atoms with Crippen LogP contribution in [0.5, 0.6) is 0 Å². The monoisotopic (exact) mass is 329 g/mol. The van der Waals surface area contributed by atoms with E-state index in [1.54, 1.807) is 0 Å². The van der Waals surface area contributed by atoms with Crippen LogP contribution in [0, 0.1) is 5.92 Å². The van der Waals surface area contributed by atoms with Crippen LogP contribution in [0.15, 0.2) is 10.7 Å². The summed E-state index contributed by atoms with van der Waals surface area (Å²) in [5.74, 6) is 0.526. The summed E-state index contributed by atoms with van der Waals surface area (Å²) in [6.07, 6.45) is 4.49. The summed E-state index contributed by atoms with van der Waals surface area (Å²) in [5, 5.41) is 8.10. The highest BCUT2D eigenvalue weighted by molar-refractivity contribution is 9.10. The van der Waals surface area contributed by atoms with Gasteiger partial charge in [-0.2, -0.15) is 5.10 Å². The number of hydrogen-bond donors (Lipinski definition) is 1. The van der Waals surface area contributed by atoms with Crippen LogP contribution in [0.1, 0.15) is 45.3 Å². The van der Waals surface area contributed by atoms with Gasteiger partial charge in [-0.15, -0.1) is 0 Å². The van der Waals surface area contributed by atoms with Gasteiger partial charge in [0, 0.05) is 12.5 Å². The highest BCUT2D eigenvalue weighted by Gasteiger charge is 2.33. The molecule has 0 aliphatic carbocycles. The standard InChI is InChI=1S/C14H24BrN3O/c1-4-6-18-14(12(15)8-17-18)13(16-5-2)11-7-10(3)19-9-11/h8,10-11,13,16H,4-7,9H2,1-3H3. The first-order chi connectivity index (χ1) is 9.17. The Morgan fingerprint density at radius 1 is 1.58 bits per heavy atom. The van der Waals surface area contributed by atoms with E-state index in [2.05, 4.69) is 51.8 Å². The van der Waals surface area contributed by atoms with Crippen molar-refractivity contribution >= 4 is 15.9 Å². The lowest BCUT2D eigenvalue weighted by Crippen LogP contribution is -2.31. The molecule has 0 amide bonds. The first-order valence-corrected chi connectivity index (χ1v) is 8.02. The van der Waals surface area contributed by atoms with E-state index in [9.17, 15) is 0 Å². The first kappa shape index (κ1) is 15.0. The number of aromatic nitrogens is 2. The van der Waals surface area contributed by atoms with Crippen molar-refractivity contribution in [2.75, 3.05) is 13.2 Å². The molecule has 2 heterocycles. The Hall–Kier alpha value is -0.390. The number of nitrogens with one attached hydrogen (secondary N) is 1. The molecule has 1 aromatic rings. The molecule has 2 rings (SSSR count). The van der Waals surface area contributed by atoms with Gasteiger partial charge in [0.2, 0.25) is 0 Å². The van der Waals surface area contributed by atoms with Crippen molar-refractivity contribution in [1.29, 1.82) is 0 Å². The molecule has 0 aromatic carbocycles. The number of halogens is 1. The second kappa shape index (κ2) is 6.86. The third kappa shape index (κ3) is 3.38. The second-order valence-corrected chi connectivity index (χ2v) is 6.13. The van der Waals surface area contributed by atoms with Crippen LogP contribution < -0.4 is 5.32 Å². The summed E-state index contributed by atoms with van der Waals surface area (Å²) >= 11 is 3.66. The summed E-state index contributed by atoms with van der Waals surface area (Å²) in [5.41, 5.74) is 1.27. The third-order valence-corrected chi connectivity index (χ3v) is 4.30. The summed E-state index contributed by atoms with van der Waals surface area (Å²) in [6, 6.07) is 0.318. The molecule has 1 aliphatic heterocycles. The molecule has 5 heteroatoms. The fourth-order valence-electron chi connectivity index (χ4n) is 2.86. The minimum absolute atomic E-state index is 0.318. The van der Waals surface area contributed by atoms with Crippen LogP contribution in [0.2, 0.25) is 0 Å². The molecular weight excluding hydrogens is 306 g/mol. The molecule has 108 valence electrons. The zero-order valence-corrected chi connectivity index (χ0v) is 13.6. The smallest absolute Gasteiger partial charge is 0.0699 e. The minimum Gasteiger partial charge on any atom is -0.378 e. The highest BCUT2D eigenvalue weighted by atomic mass is 79.9. The molecule has 1 saturated heterocycles. The van der Waals surface area contributed by atoms with E-state index >= 15 is 0 Å². The average Bonchev–Trinajstić information content (AvgIpc) is 2.95. The van der Waals surface area contributed by atoms with Crippen LogP contribution in [0.25, 0.3) is 0 Å². The van der Waals surface area contributed by atoms with Crippen molar-refractivity contribution in [1.82, 2.24) is 15.1 Å². The van der Waals surface area contributed by atoms with Crippen LogP contribution in [-0.4, -0.2) is 29.0 Å². The molecule has 3 atom stereocenters. The van der Waals surface area contributed by atoms with Gasteiger partial charge in [-0.3, -0.25) is 4.68 Å². The predicted octanol–water partition coefficient (Wildman–Crippen LogP) is 3.13. The van der Waals surface area contributed by atoms with E-state index in [1.165, 1.54) is 5.69 Å². The second-order valence-electron chi connectivity index (χ2n) is 5.28. The lowest BCUT2D eigenvalue weighted by Gasteiger charge is -2.25. The van der Waals surface area contributed by atoms with Gasteiger partial charge in [0.1, 0.15) is 0 Å². The van der Waals surface area contributed by atoms with Gasteiger partial charge in [0.15, 0.2) is 0 Å². The molecule has 0 spiro atoms. The van der Waals surface area contributed by atoms with E-state index in [0.717, 1.165) is 37.0 Å². The number of hydrogen-bond acceptors (Lipinski definition) is 3. The van der Waals surface area contributed by atoms with Gasteiger partial charge in [0.25, 0.3) is 0 Å². The summed E-state index contributed by atoms with van der Waals surface area (Å²) in [4.78, 5) is 0. The fourth-order valence-corrected chi connectivity index (χ4v) is 3.40. The Balaban J connectivity index is 2.25. The molecule has 3 unspecified atom stereocenters. The molecular formula is C14H24BrN3O. The van der Waals surface area contributed by atoms with Crippen molar-refractivity contribution in [3.63, 3.8) is 0 Å². The summed E-state index contributed by atoms with van der Waals surface area (Å²) < 4.78 is 8.97. The summed E-state index contributed by atoms with van der Waals surface area (Å²) in [7, 11) is 0. The SMILES string of the molecule is CCCn1ncc(Br)c1C(NCC)C1COC(C)C1. The minimum atomic E-state index is 0.318. The zero-order chi connectivity index (χ0) is 13.8. The molecule has 0 saturated carbocycles. The Kier molecular flexibility index (Phi) is 5.42. The van der Waals surface area contributed by atoms with Crippen LogP contribution >= 0.6 is 15.9 Å². The van der Waals surface area contributed by atoms with E-state index in [-0.39, 0.29) is 0 Å². The van der Waals surface area contributed by atoms with E-state index in [1.807, 2.05) is 6.20 Å². The van der Waals surface area contributed by atoms with Crippen LogP contribution in [0.3, 0.4) is 0 Å². The van der Waals surface area contributed by atoms with Gasteiger partial charge < -0.3 is 10.1 Å². The van der Waals surface area contributed by atoms with Gasteiger partial charge in [0.05, 0.1) is 35.1 Å². The van der Waals surface area contributed by atoms with Crippen molar-refractivity contribution in [3.8, 4) is 0 Å². The molecule has 0 bridgehead atoms. The largest absolute Gasteiger partial charge is 0.378 e. The maximum absolute atomic E-state index is 5.75. The number of nitrogens with zero attached hydrogens (tertiary/aromatic N) is 2. The molecule has 4 nitrogen and oxygen atoms in total. The Labute approximate surface area is 124 Å². The fraction of sp³-hybridized carbons (Fsp3) is 0.786. The van der Waals surface area contributed by atoms with E-state index in [0.29, 0.717) is 18.1 Å². The number of ether oxygens (including phenoxy) is 1. The normalized spacial score (nSPS) is 24.8. The van der Waals surface area contributed by atoms with E-state index < -0.39 is 0 Å². The first-order valence-electron chi connectivity index (χ1n) is 7.23. The lowest BCUT2D eigenvalue weighted by molar-refractivity contribution is 0.116. The molecule has 19 heavy (non-hydrogen) atoms. The lowest BCUT2D eigenvalue weighted by atomic mass is 9.94. The van der Waals surface area contributed by atoms with E-state index in [4.69, 9.17) is 4.74 Å². The Bertz CT molecular complexity index is 407. The summed E-state index contributed by atoms with van der Waals surface area (Å²) in [6.45, 7) is 9.25. The number of aryl methyl sites for hydroxylation is 1. The zero-order valence-electron chi connectivity index (χ0n) is 12.0. The van der Waals surface area contributed by atoms with Crippen LogP contribution in [0.4, 0.5) is 0 Å². The molecule has 1 aliphatic rings. The van der Waals surface area contributed by atoms with Crippen molar-refractivity contribution in [2.45, 2.75) is 52.3 Å². The highest BCUT2D eigenvalue weighted by Crippen LogP contribution is 2.35. The van der Waals surface area contributed by atoms with Crippen molar-refractivity contribution in [3.05, 3.63) is 16.4 Å². The predicted molar refractivity (Wildman–Crippen MR) is 80.2 cm³/mol. The van der Waals surface area contributed by atoms with Gasteiger partial charge in [-0.1, -0.05) is 13.8 Å². The number of rotatable bonds is 6. The van der Waals surface area contributed by atoms with Crippen LogP contribution in [-0.2, 0) is 11.3 Å². The Morgan fingerprint density at radius 2 is 2.37 bits per heavy atom. The maximum Gasteiger partial charge on any atom is 0.0699 e. The van der Waals surface area contributed by atoms with Crippen molar-refractivity contribution < 1.29 is 4.74 Å². The average molecular weight is 330 g/mol. The third-order valence-electron chi connectivity index (χ3n) is 3.69. The van der Waals surface area contributed by atoms with Gasteiger partial charge in [-0.25, -0.2) is 0 Å². The maximum atomic E-state index is 5.75.